The van der Waals surface area contributed by atoms with Crippen molar-refractivity contribution in [3.8, 4) is 0 Å². The predicted octanol–water partition coefficient (Wildman–Crippen LogP) is 2.75. The van der Waals surface area contributed by atoms with E-state index in [-0.39, 0.29) is 17.8 Å². The van der Waals surface area contributed by atoms with Gasteiger partial charge >= 0.3 is 12.0 Å². The third-order valence-corrected chi connectivity index (χ3v) is 5.98. The molecular formula is C19H22FN3O3. The van der Waals surface area contributed by atoms with Gasteiger partial charge in [0, 0.05) is 36.7 Å². The lowest BCUT2D eigenvalue weighted by Crippen LogP contribution is -2.42. The Morgan fingerprint density at radius 2 is 2.27 bits per heavy atom. The number of H-pyrrole nitrogens is 1. The quantitative estimate of drug-likeness (QED) is 0.785. The van der Waals surface area contributed by atoms with Gasteiger partial charge in [-0.05, 0) is 48.9 Å². The highest BCUT2D eigenvalue weighted by molar-refractivity contribution is 5.83. The topological polar surface area (TPSA) is 85.4 Å². The number of carboxylic acid groups (broad SMARTS) is 1. The van der Waals surface area contributed by atoms with E-state index < -0.39 is 11.4 Å². The lowest BCUT2D eigenvalue weighted by atomic mass is 9.81. The second-order valence-electron chi connectivity index (χ2n) is 7.42. The van der Waals surface area contributed by atoms with Crippen LogP contribution in [0.1, 0.15) is 24.8 Å². The fraction of sp³-hybridized carbons (Fsp3) is 0.474. The number of likely N-dealkylation sites (tertiary alicyclic amines) is 1. The van der Waals surface area contributed by atoms with Gasteiger partial charge in [-0.2, -0.15) is 0 Å². The minimum atomic E-state index is -0.777. The average Bonchev–Trinajstić information content (AvgIpc) is 3.26. The van der Waals surface area contributed by atoms with Crippen molar-refractivity contribution in [3.05, 3.63) is 35.8 Å². The molecule has 2 aliphatic rings. The molecule has 2 heterocycles. The van der Waals surface area contributed by atoms with Crippen molar-refractivity contribution in [1.82, 2.24) is 15.2 Å². The maximum absolute atomic E-state index is 13.2. The number of nitrogens with zero attached hydrogens (tertiary/aromatic N) is 1. The Morgan fingerprint density at radius 3 is 3.04 bits per heavy atom. The van der Waals surface area contributed by atoms with E-state index in [0.29, 0.717) is 32.5 Å². The summed E-state index contributed by atoms with van der Waals surface area (Å²) in [6, 6.07) is 4.40. The zero-order valence-electron chi connectivity index (χ0n) is 14.4. The fourth-order valence-corrected chi connectivity index (χ4v) is 4.57. The van der Waals surface area contributed by atoms with Gasteiger partial charge in [0.15, 0.2) is 0 Å². The van der Waals surface area contributed by atoms with E-state index in [2.05, 4.69) is 10.3 Å². The molecule has 26 heavy (non-hydrogen) atoms. The summed E-state index contributed by atoms with van der Waals surface area (Å²) in [4.78, 5) is 28.8. The number of benzene rings is 1. The lowest BCUT2D eigenvalue weighted by Gasteiger charge is -2.23. The van der Waals surface area contributed by atoms with Crippen LogP contribution in [-0.4, -0.2) is 46.6 Å². The Hall–Kier alpha value is -2.57. The van der Waals surface area contributed by atoms with Gasteiger partial charge in [-0.3, -0.25) is 4.79 Å². The van der Waals surface area contributed by atoms with Crippen LogP contribution >= 0.6 is 0 Å². The van der Waals surface area contributed by atoms with Crippen molar-refractivity contribution in [3.63, 3.8) is 0 Å². The van der Waals surface area contributed by atoms with Gasteiger partial charge in [0.1, 0.15) is 5.82 Å². The summed E-state index contributed by atoms with van der Waals surface area (Å²) in [5.41, 5.74) is 1.00. The third kappa shape index (κ3) is 2.71. The molecular weight excluding hydrogens is 337 g/mol. The number of aliphatic carboxylic acids is 1. The molecule has 1 saturated heterocycles. The van der Waals surface area contributed by atoms with Gasteiger partial charge in [-0.1, -0.05) is 6.42 Å². The zero-order chi connectivity index (χ0) is 18.3. The molecule has 1 aliphatic heterocycles. The van der Waals surface area contributed by atoms with Crippen LogP contribution in [0.4, 0.5) is 9.18 Å². The summed E-state index contributed by atoms with van der Waals surface area (Å²) in [5.74, 6) is -0.998. The number of aromatic nitrogens is 1. The summed E-state index contributed by atoms with van der Waals surface area (Å²) < 4.78 is 13.2. The third-order valence-electron chi connectivity index (χ3n) is 5.98. The van der Waals surface area contributed by atoms with Gasteiger partial charge in [-0.15, -0.1) is 0 Å². The molecule has 2 amide bonds. The van der Waals surface area contributed by atoms with Gasteiger partial charge in [-0.25, -0.2) is 9.18 Å². The molecule has 3 N–H and O–H groups in total. The SMILES string of the molecule is O=C(NCCc1c[nH]c2cc(F)ccc12)N1C[C@@H]2CCC[C@@]2(C(=O)O)C1. The molecule has 0 bridgehead atoms. The summed E-state index contributed by atoms with van der Waals surface area (Å²) in [7, 11) is 0. The summed E-state index contributed by atoms with van der Waals surface area (Å²) in [5, 5.41) is 13.4. The first-order valence-electron chi connectivity index (χ1n) is 9.01. The molecule has 1 aliphatic carbocycles. The first-order valence-corrected chi connectivity index (χ1v) is 9.01. The van der Waals surface area contributed by atoms with Crippen molar-refractivity contribution >= 4 is 22.9 Å². The van der Waals surface area contributed by atoms with Crippen LogP contribution in [0.2, 0.25) is 0 Å². The van der Waals surface area contributed by atoms with Gasteiger partial charge < -0.3 is 20.3 Å². The second kappa shape index (κ2) is 6.30. The van der Waals surface area contributed by atoms with Crippen molar-refractivity contribution in [2.45, 2.75) is 25.7 Å². The molecule has 138 valence electrons. The predicted molar refractivity (Wildman–Crippen MR) is 94.3 cm³/mol. The number of carbonyl (C=O) groups is 2. The number of urea groups is 1. The highest BCUT2D eigenvalue weighted by Gasteiger charge is 2.55. The molecule has 2 atom stereocenters. The molecule has 1 aromatic carbocycles. The molecule has 7 heteroatoms. The molecule has 0 radical (unpaired) electrons. The molecule has 0 spiro atoms. The van der Waals surface area contributed by atoms with E-state index >= 15 is 0 Å². The average molecular weight is 359 g/mol. The summed E-state index contributed by atoms with van der Waals surface area (Å²) in [6.07, 6.45) is 4.91. The normalized spacial score (nSPS) is 24.8. The lowest BCUT2D eigenvalue weighted by molar-refractivity contribution is -0.149. The van der Waals surface area contributed by atoms with E-state index in [1.54, 1.807) is 11.0 Å². The largest absolute Gasteiger partial charge is 0.481 e. The van der Waals surface area contributed by atoms with Gasteiger partial charge in [0.25, 0.3) is 0 Å². The number of hydrogen-bond acceptors (Lipinski definition) is 2. The van der Waals surface area contributed by atoms with Crippen molar-refractivity contribution in [1.29, 1.82) is 0 Å². The summed E-state index contributed by atoms with van der Waals surface area (Å²) >= 11 is 0. The van der Waals surface area contributed by atoms with E-state index in [4.69, 9.17) is 0 Å². The monoisotopic (exact) mass is 359 g/mol. The molecule has 4 rings (SSSR count). The standard InChI is InChI=1S/C19H22FN3O3/c20-14-3-4-15-12(9-22-16(15)8-14)5-7-21-18(26)23-10-13-2-1-6-19(13,11-23)17(24)25/h3-4,8-9,13,22H,1-2,5-7,10-11H2,(H,21,26)(H,24,25)/t13-,19+/m0/s1. The van der Waals surface area contributed by atoms with Gasteiger partial charge in [0.05, 0.1) is 5.41 Å². The van der Waals surface area contributed by atoms with Crippen molar-refractivity contribution in [2.24, 2.45) is 11.3 Å². The van der Waals surface area contributed by atoms with Crippen LogP contribution in [0.25, 0.3) is 10.9 Å². The Bertz CT molecular complexity index is 865. The minimum absolute atomic E-state index is 0.0641. The van der Waals surface area contributed by atoms with Crippen molar-refractivity contribution < 1.29 is 19.1 Å². The number of aromatic amines is 1. The van der Waals surface area contributed by atoms with Crippen LogP contribution in [0.5, 0.6) is 0 Å². The number of carboxylic acids is 1. The minimum Gasteiger partial charge on any atom is -0.481 e. The van der Waals surface area contributed by atoms with Crippen LogP contribution in [0.3, 0.4) is 0 Å². The Morgan fingerprint density at radius 1 is 1.42 bits per heavy atom. The first-order chi connectivity index (χ1) is 12.5. The maximum Gasteiger partial charge on any atom is 0.317 e. The highest BCUT2D eigenvalue weighted by atomic mass is 19.1. The van der Waals surface area contributed by atoms with Crippen molar-refractivity contribution in [2.75, 3.05) is 19.6 Å². The number of rotatable bonds is 4. The first kappa shape index (κ1) is 16.9. The van der Waals surface area contributed by atoms with E-state index in [9.17, 15) is 19.1 Å². The van der Waals surface area contributed by atoms with E-state index in [1.165, 1.54) is 12.1 Å². The number of hydrogen-bond donors (Lipinski definition) is 3. The smallest absolute Gasteiger partial charge is 0.317 e. The van der Waals surface area contributed by atoms with Crippen LogP contribution in [0.15, 0.2) is 24.4 Å². The maximum atomic E-state index is 13.2. The number of fused-ring (bicyclic) bond motifs is 2. The molecule has 2 fully saturated rings. The molecule has 2 aromatic rings. The summed E-state index contributed by atoms with van der Waals surface area (Å²) in [6.45, 7) is 1.26. The number of nitrogens with one attached hydrogen (secondary N) is 2. The molecule has 6 nitrogen and oxygen atoms in total. The number of carbonyl (C=O) groups excluding carboxylic acids is 1. The molecule has 1 saturated carbocycles. The molecule has 0 unspecified atom stereocenters. The highest BCUT2D eigenvalue weighted by Crippen LogP contribution is 2.48. The fourth-order valence-electron chi connectivity index (χ4n) is 4.57. The van der Waals surface area contributed by atoms with Crippen LogP contribution in [0, 0.1) is 17.2 Å². The Balaban J connectivity index is 1.35. The Kier molecular flexibility index (Phi) is 4.09. The van der Waals surface area contributed by atoms with Crippen LogP contribution in [-0.2, 0) is 11.2 Å². The van der Waals surface area contributed by atoms with Gasteiger partial charge in [0.2, 0.25) is 0 Å². The number of amides is 2. The van der Waals surface area contributed by atoms with Crippen LogP contribution < -0.4 is 5.32 Å². The Labute approximate surface area is 150 Å². The second-order valence-corrected chi connectivity index (χ2v) is 7.42. The molecule has 1 aromatic heterocycles. The zero-order valence-corrected chi connectivity index (χ0v) is 14.4. The number of halogens is 1. The van der Waals surface area contributed by atoms with E-state index in [1.807, 2.05) is 6.20 Å². The van der Waals surface area contributed by atoms with E-state index in [0.717, 1.165) is 29.3 Å².